The Kier molecular flexibility index (Phi) is 6.21. The number of aromatic hydroxyl groups is 1. The highest BCUT2D eigenvalue weighted by atomic mass is 127. The maximum atomic E-state index is 11.7. The topological polar surface area (TPSA) is 83.0 Å². The van der Waals surface area contributed by atoms with E-state index in [0.29, 0.717) is 15.9 Å². The van der Waals surface area contributed by atoms with Crippen molar-refractivity contribution in [1.82, 2.24) is 5.43 Å². The van der Waals surface area contributed by atoms with Gasteiger partial charge in [-0.05, 0) is 77.5 Å². The molecule has 0 saturated carbocycles. The fraction of sp³-hybridized carbons (Fsp3) is 0.125. The Hall–Kier alpha value is -2.29. The summed E-state index contributed by atoms with van der Waals surface area (Å²) in [7, 11) is 0. The first-order valence-electron chi connectivity index (χ1n) is 6.90. The smallest absolute Gasteiger partial charge is 0.339 e. The molecule has 0 radical (unpaired) electrons. The van der Waals surface area contributed by atoms with Gasteiger partial charge >= 0.3 is 6.03 Å². The molecular formula is C16H16IN3O3. The molecule has 3 N–H and O–H groups in total. The van der Waals surface area contributed by atoms with Crippen LogP contribution >= 0.6 is 22.6 Å². The second-order valence-corrected chi connectivity index (χ2v) is 5.65. The molecule has 0 saturated heterocycles. The van der Waals surface area contributed by atoms with E-state index < -0.39 is 6.03 Å². The number of ether oxygens (including phenoxy) is 1. The number of rotatable bonds is 5. The van der Waals surface area contributed by atoms with Crippen LogP contribution < -0.4 is 15.5 Å². The van der Waals surface area contributed by atoms with Gasteiger partial charge in [-0.15, -0.1) is 0 Å². The van der Waals surface area contributed by atoms with E-state index in [2.05, 4.69) is 15.8 Å². The molecule has 6 nitrogen and oxygen atoms in total. The highest BCUT2D eigenvalue weighted by molar-refractivity contribution is 14.1. The average Bonchev–Trinajstić information content (AvgIpc) is 2.53. The summed E-state index contributed by atoms with van der Waals surface area (Å²) in [6.07, 6.45) is 1.50. The minimum absolute atomic E-state index is 0.212. The number of phenols is 1. The van der Waals surface area contributed by atoms with E-state index in [-0.39, 0.29) is 5.75 Å². The third kappa shape index (κ3) is 5.44. The Labute approximate surface area is 147 Å². The van der Waals surface area contributed by atoms with Crippen LogP contribution in [0.4, 0.5) is 10.5 Å². The second-order valence-electron chi connectivity index (χ2n) is 4.49. The Morgan fingerprint density at radius 3 is 2.70 bits per heavy atom. The molecule has 7 heteroatoms. The SMILES string of the molecule is CCOc1ccc(NC(=O)N/N=C/c2ccc(O)c(I)c2)cc1. The summed E-state index contributed by atoms with van der Waals surface area (Å²) in [4.78, 5) is 11.7. The number of amides is 2. The maximum absolute atomic E-state index is 11.7. The van der Waals surface area contributed by atoms with Crippen LogP contribution in [0, 0.1) is 3.57 Å². The Bertz CT molecular complexity index is 702. The summed E-state index contributed by atoms with van der Waals surface area (Å²) in [6.45, 7) is 2.50. The van der Waals surface area contributed by atoms with Crippen molar-refractivity contribution in [2.24, 2.45) is 5.10 Å². The van der Waals surface area contributed by atoms with Crippen molar-refractivity contribution in [3.8, 4) is 11.5 Å². The number of phenolic OH excluding ortho intramolecular Hbond substituents is 1. The van der Waals surface area contributed by atoms with Gasteiger partial charge < -0.3 is 15.2 Å². The first-order chi connectivity index (χ1) is 11.1. The summed E-state index contributed by atoms with van der Waals surface area (Å²) in [5, 5.41) is 15.9. The number of hydrazone groups is 1. The van der Waals surface area contributed by atoms with Crippen molar-refractivity contribution in [3.05, 3.63) is 51.6 Å². The summed E-state index contributed by atoms with van der Waals surface area (Å²) in [5.41, 5.74) is 3.79. The molecule has 2 rings (SSSR count). The van der Waals surface area contributed by atoms with Gasteiger partial charge in [-0.3, -0.25) is 0 Å². The lowest BCUT2D eigenvalue weighted by molar-refractivity contribution is 0.252. The fourth-order valence-corrected chi connectivity index (χ4v) is 2.27. The predicted molar refractivity (Wildman–Crippen MR) is 98.2 cm³/mol. The Morgan fingerprint density at radius 1 is 1.30 bits per heavy atom. The van der Waals surface area contributed by atoms with Crippen LogP contribution in [0.15, 0.2) is 47.6 Å². The number of nitrogens with one attached hydrogen (secondary N) is 2. The second kappa shape index (κ2) is 8.37. The summed E-state index contributed by atoms with van der Waals surface area (Å²) >= 11 is 2.02. The third-order valence-corrected chi connectivity index (χ3v) is 3.64. The number of benzene rings is 2. The number of anilines is 1. The van der Waals surface area contributed by atoms with Gasteiger partial charge in [-0.1, -0.05) is 0 Å². The van der Waals surface area contributed by atoms with E-state index in [0.717, 1.165) is 11.3 Å². The van der Waals surface area contributed by atoms with Gasteiger partial charge in [0.25, 0.3) is 0 Å². The van der Waals surface area contributed by atoms with Crippen molar-refractivity contribution in [3.63, 3.8) is 0 Å². The molecular weight excluding hydrogens is 409 g/mol. The van der Waals surface area contributed by atoms with E-state index in [1.54, 1.807) is 42.5 Å². The highest BCUT2D eigenvalue weighted by Crippen LogP contribution is 2.19. The molecule has 0 heterocycles. The lowest BCUT2D eigenvalue weighted by Gasteiger charge is -2.06. The molecule has 0 unspecified atom stereocenters. The van der Waals surface area contributed by atoms with E-state index >= 15 is 0 Å². The number of carbonyl (C=O) groups is 1. The summed E-state index contributed by atoms with van der Waals surface area (Å²) < 4.78 is 6.04. The summed E-state index contributed by atoms with van der Waals surface area (Å²) in [6, 6.07) is 11.6. The van der Waals surface area contributed by atoms with Gasteiger partial charge in [-0.25, -0.2) is 10.2 Å². The molecule has 2 aromatic carbocycles. The molecule has 0 bridgehead atoms. The van der Waals surface area contributed by atoms with Crippen LogP contribution in [0.25, 0.3) is 0 Å². The predicted octanol–water partition coefficient (Wildman–Crippen LogP) is 3.55. The van der Waals surface area contributed by atoms with E-state index in [4.69, 9.17) is 4.74 Å². The average molecular weight is 425 g/mol. The van der Waals surface area contributed by atoms with Gasteiger partial charge in [0.15, 0.2) is 0 Å². The number of carbonyl (C=O) groups excluding carboxylic acids is 1. The molecule has 2 amide bonds. The van der Waals surface area contributed by atoms with Crippen LogP contribution in [0.2, 0.25) is 0 Å². The van der Waals surface area contributed by atoms with Crippen molar-refractivity contribution in [2.75, 3.05) is 11.9 Å². The van der Waals surface area contributed by atoms with E-state index in [1.165, 1.54) is 6.21 Å². The van der Waals surface area contributed by atoms with Crippen LogP contribution in [-0.4, -0.2) is 24.0 Å². The summed E-state index contributed by atoms with van der Waals surface area (Å²) in [5.74, 6) is 0.961. The Balaban J connectivity index is 1.86. The largest absolute Gasteiger partial charge is 0.507 e. The van der Waals surface area contributed by atoms with Gasteiger partial charge in [0, 0.05) is 5.69 Å². The van der Waals surface area contributed by atoms with Gasteiger partial charge in [0.2, 0.25) is 0 Å². The zero-order chi connectivity index (χ0) is 16.7. The van der Waals surface area contributed by atoms with Crippen molar-refractivity contribution in [1.29, 1.82) is 0 Å². The highest BCUT2D eigenvalue weighted by Gasteiger charge is 2.01. The molecule has 120 valence electrons. The zero-order valence-corrected chi connectivity index (χ0v) is 14.6. The normalized spacial score (nSPS) is 10.5. The van der Waals surface area contributed by atoms with Crippen LogP contribution in [0.5, 0.6) is 11.5 Å². The quantitative estimate of drug-likeness (QED) is 0.389. The third-order valence-electron chi connectivity index (χ3n) is 2.77. The minimum Gasteiger partial charge on any atom is -0.507 e. The van der Waals surface area contributed by atoms with Crippen LogP contribution in [0.3, 0.4) is 0 Å². The van der Waals surface area contributed by atoms with Gasteiger partial charge in [0.1, 0.15) is 11.5 Å². The molecule has 0 aliphatic carbocycles. The number of halogens is 1. The molecule has 2 aromatic rings. The molecule has 23 heavy (non-hydrogen) atoms. The molecule has 0 aromatic heterocycles. The molecule has 0 fully saturated rings. The van der Waals surface area contributed by atoms with Crippen LogP contribution in [-0.2, 0) is 0 Å². The maximum Gasteiger partial charge on any atom is 0.339 e. The monoisotopic (exact) mass is 425 g/mol. The van der Waals surface area contributed by atoms with Gasteiger partial charge in [-0.2, -0.15) is 5.10 Å². The minimum atomic E-state index is -0.445. The van der Waals surface area contributed by atoms with Crippen molar-refractivity contribution in [2.45, 2.75) is 6.92 Å². The van der Waals surface area contributed by atoms with E-state index in [1.807, 2.05) is 29.5 Å². The first-order valence-corrected chi connectivity index (χ1v) is 7.98. The molecule has 0 aliphatic heterocycles. The van der Waals surface area contributed by atoms with Crippen molar-refractivity contribution >= 4 is 40.5 Å². The molecule has 0 atom stereocenters. The number of hydrogen-bond acceptors (Lipinski definition) is 4. The first kappa shape index (κ1) is 17.1. The molecule has 0 aliphatic rings. The standard InChI is InChI=1S/C16H16IN3O3/c1-2-23-13-6-4-12(5-7-13)19-16(22)20-18-10-11-3-8-15(21)14(17)9-11/h3-10,21H,2H2,1H3,(H2,19,20,22)/b18-10+. The lowest BCUT2D eigenvalue weighted by atomic mass is 10.2. The van der Waals surface area contributed by atoms with Gasteiger partial charge in [0.05, 0.1) is 16.4 Å². The zero-order valence-electron chi connectivity index (χ0n) is 12.4. The lowest BCUT2D eigenvalue weighted by Crippen LogP contribution is -2.24. The Morgan fingerprint density at radius 2 is 2.04 bits per heavy atom. The fourth-order valence-electron chi connectivity index (χ4n) is 1.73. The van der Waals surface area contributed by atoms with Crippen molar-refractivity contribution < 1.29 is 14.6 Å². The van der Waals surface area contributed by atoms with E-state index in [9.17, 15) is 9.90 Å². The van der Waals surface area contributed by atoms with Crippen LogP contribution in [0.1, 0.15) is 12.5 Å². The number of hydrogen-bond donors (Lipinski definition) is 3. The number of urea groups is 1. The number of nitrogens with zero attached hydrogens (tertiary/aromatic N) is 1. The molecule has 0 spiro atoms.